The average Bonchev–Trinajstić information content (AvgIpc) is 2.74. The highest BCUT2D eigenvalue weighted by atomic mass is 32.1. The number of hydrogen-bond donors (Lipinski definition) is 2. The largest absolute Gasteiger partial charge is 0.494 e. The minimum absolute atomic E-state index is 0.662. The quantitative estimate of drug-likeness (QED) is 0.810. The Morgan fingerprint density at radius 3 is 2.76 bits per heavy atom. The second-order valence-electron chi connectivity index (χ2n) is 3.42. The summed E-state index contributed by atoms with van der Waals surface area (Å²) < 4.78 is 6.16. The summed E-state index contributed by atoms with van der Waals surface area (Å²) in [7, 11) is 0. The standard InChI is InChI=1S/C11H13N3OS2/c1-2-7-15-9-5-3-8(4-6-9)12-10-13-14-11(16)17-10/h3-6H,2,7H2,1H3,(H,12,13)(H,14,16). The Labute approximate surface area is 109 Å². The molecule has 0 saturated carbocycles. The normalized spacial score (nSPS) is 10.2. The van der Waals surface area contributed by atoms with Crippen LogP contribution >= 0.6 is 23.6 Å². The summed E-state index contributed by atoms with van der Waals surface area (Å²) in [5, 5.41) is 10.7. The Balaban J connectivity index is 2.00. The lowest BCUT2D eigenvalue weighted by Gasteiger charge is -2.06. The van der Waals surface area contributed by atoms with Gasteiger partial charge in [0.25, 0.3) is 0 Å². The van der Waals surface area contributed by atoms with E-state index in [4.69, 9.17) is 17.0 Å². The molecule has 90 valence electrons. The molecule has 4 nitrogen and oxygen atoms in total. The average molecular weight is 267 g/mol. The van der Waals surface area contributed by atoms with Crippen molar-refractivity contribution in [2.24, 2.45) is 0 Å². The monoisotopic (exact) mass is 267 g/mol. The van der Waals surface area contributed by atoms with Gasteiger partial charge in [0.15, 0.2) is 3.95 Å². The second kappa shape index (κ2) is 5.79. The third-order valence-electron chi connectivity index (χ3n) is 2.02. The topological polar surface area (TPSA) is 49.9 Å². The first kappa shape index (κ1) is 12.1. The van der Waals surface area contributed by atoms with Crippen molar-refractivity contribution in [3.05, 3.63) is 28.2 Å². The van der Waals surface area contributed by atoms with Crippen molar-refractivity contribution in [1.82, 2.24) is 10.2 Å². The zero-order valence-electron chi connectivity index (χ0n) is 9.40. The lowest BCUT2D eigenvalue weighted by Crippen LogP contribution is -1.95. The van der Waals surface area contributed by atoms with Gasteiger partial charge in [0, 0.05) is 5.69 Å². The summed E-state index contributed by atoms with van der Waals surface area (Å²) >= 11 is 6.36. The molecular formula is C11H13N3OS2. The Morgan fingerprint density at radius 2 is 2.18 bits per heavy atom. The number of rotatable bonds is 5. The highest BCUT2D eigenvalue weighted by Gasteiger charge is 1.99. The molecule has 0 spiro atoms. The lowest BCUT2D eigenvalue weighted by atomic mass is 10.3. The maximum atomic E-state index is 5.50. The Bertz CT molecular complexity index is 518. The predicted octanol–water partition coefficient (Wildman–Crippen LogP) is 3.73. The van der Waals surface area contributed by atoms with Crippen LogP contribution in [0.25, 0.3) is 0 Å². The molecule has 0 aliphatic carbocycles. The van der Waals surface area contributed by atoms with Crippen molar-refractivity contribution in [1.29, 1.82) is 0 Å². The fraction of sp³-hybridized carbons (Fsp3) is 0.273. The smallest absolute Gasteiger partial charge is 0.208 e. The molecule has 0 amide bonds. The number of aromatic amines is 1. The van der Waals surface area contributed by atoms with Gasteiger partial charge in [-0.15, -0.1) is 5.10 Å². The van der Waals surface area contributed by atoms with Crippen molar-refractivity contribution in [3.8, 4) is 5.75 Å². The minimum atomic E-state index is 0.662. The van der Waals surface area contributed by atoms with E-state index in [1.807, 2.05) is 24.3 Å². The van der Waals surface area contributed by atoms with Crippen LogP contribution in [0.2, 0.25) is 0 Å². The van der Waals surface area contributed by atoms with Crippen LogP contribution in [0.4, 0.5) is 10.8 Å². The van der Waals surface area contributed by atoms with E-state index < -0.39 is 0 Å². The van der Waals surface area contributed by atoms with Gasteiger partial charge in [0.2, 0.25) is 5.13 Å². The van der Waals surface area contributed by atoms with Gasteiger partial charge in [-0.2, -0.15) is 0 Å². The maximum Gasteiger partial charge on any atom is 0.208 e. The van der Waals surface area contributed by atoms with Gasteiger partial charge in [-0.05, 0) is 42.9 Å². The predicted molar refractivity (Wildman–Crippen MR) is 72.8 cm³/mol. The van der Waals surface area contributed by atoms with E-state index in [0.717, 1.165) is 29.6 Å². The number of nitrogens with zero attached hydrogens (tertiary/aromatic N) is 1. The third-order valence-corrected chi connectivity index (χ3v) is 3.02. The van der Waals surface area contributed by atoms with Crippen molar-refractivity contribution >= 4 is 34.4 Å². The van der Waals surface area contributed by atoms with Crippen LogP contribution in [0, 0.1) is 3.95 Å². The van der Waals surface area contributed by atoms with E-state index in [1.165, 1.54) is 11.3 Å². The zero-order valence-corrected chi connectivity index (χ0v) is 11.0. The molecule has 0 unspecified atom stereocenters. The highest BCUT2D eigenvalue weighted by Crippen LogP contribution is 2.21. The van der Waals surface area contributed by atoms with Gasteiger partial charge in [0.1, 0.15) is 5.75 Å². The van der Waals surface area contributed by atoms with E-state index in [1.54, 1.807) is 0 Å². The molecule has 0 bridgehead atoms. The van der Waals surface area contributed by atoms with Gasteiger partial charge in [-0.3, -0.25) is 5.10 Å². The van der Waals surface area contributed by atoms with Crippen molar-refractivity contribution < 1.29 is 4.74 Å². The number of hydrogen-bond acceptors (Lipinski definition) is 5. The fourth-order valence-electron chi connectivity index (χ4n) is 1.26. The molecule has 6 heteroatoms. The van der Waals surface area contributed by atoms with Crippen molar-refractivity contribution in [2.45, 2.75) is 13.3 Å². The molecule has 0 fully saturated rings. The molecular weight excluding hydrogens is 254 g/mol. The summed E-state index contributed by atoms with van der Waals surface area (Å²) in [5.74, 6) is 0.882. The van der Waals surface area contributed by atoms with Crippen LogP contribution in [0.3, 0.4) is 0 Å². The van der Waals surface area contributed by atoms with Crippen molar-refractivity contribution in [3.63, 3.8) is 0 Å². The van der Waals surface area contributed by atoms with Gasteiger partial charge in [-0.25, -0.2) is 0 Å². The summed E-state index contributed by atoms with van der Waals surface area (Å²) in [5.41, 5.74) is 0.964. The van der Waals surface area contributed by atoms with E-state index in [2.05, 4.69) is 22.4 Å². The minimum Gasteiger partial charge on any atom is -0.494 e. The number of H-pyrrole nitrogens is 1. The molecule has 1 heterocycles. The van der Waals surface area contributed by atoms with Gasteiger partial charge >= 0.3 is 0 Å². The van der Waals surface area contributed by atoms with Gasteiger partial charge < -0.3 is 10.1 Å². The molecule has 1 aromatic heterocycles. The van der Waals surface area contributed by atoms with E-state index in [0.29, 0.717) is 3.95 Å². The van der Waals surface area contributed by atoms with E-state index >= 15 is 0 Å². The summed E-state index contributed by atoms with van der Waals surface area (Å²) in [4.78, 5) is 0. The highest BCUT2D eigenvalue weighted by molar-refractivity contribution is 7.73. The maximum absolute atomic E-state index is 5.50. The Kier molecular flexibility index (Phi) is 4.11. The van der Waals surface area contributed by atoms with Crippen molar-refractivity contribution in [2.75, 3.05) is 11.9 Å². The van der Waals surface area contributed by atoms with Crippen LogP contribution in [0.1, 0.15) is 13.3 Å². The molecule has 17 heavy (non-hydrogen) atoms. The van der Waals surface area contributed by atoms with Gasteiger partial charge in [0.05, 0.1) is 6.61 Å². The molecule has 0 aliphatic heterocycles. The zero-order chi connectivity index (χ0) is 12.1. The van der Waals surface area contributed by atoms with Crippen LogP contribution in [-0.2, 0) is 0 Å². The molecule has 0 atom stereocenters. The fourth-order valence-corrected chi connectivity index (χ4v) is 2.07. The van der Waals surface area contributed by atoms with E-state index in [-0.39, 0.29) is 0 Å². The van der Waals surface area contributed by atoms with Crippen LogP contribution < -0.4 is 10.1 Å². The number of benzene rings is 1. The molecule has 0 radical (unpaired) electrons. The lowest BCUT2D eigenvalue weighted by molar-refractivity contribution is 0.317. The van der Waals surface area contributed by atoms with Crippen LogP contribution in [0.15, 0.2) is 24.3 Å². The molecule has 0 aliphatic rings. The summed E-state index contributed by atoms with van der Waals surface area (Å²) in [6.45, 7) is 2.83. The van der Waals surface area contributed by atoms with E-state index in [9.17, 15) is 0 Å². The first-order chi connectivity index (χ1) is 8.28. The molecule has 0 saturated heterocycles. The number of nitrogens with one attached hydrogen (secondary N) is 2. The second-order valence-corrected chi connectivity index (χ2v) is 5.08. The van der Waals surface area contributed by atoms with Crippen LogP contribution in [-0.4, -0.2) is 16.8 Å². The van der Waals surface area contributed by atoms with Gasteiger partial charge in [-0.1, -0.05) is 18.3 Å². The Morgan fingerprint density at radius 1 is 1.41 bits per heavy atom. The first-order valence-electron chi connectivity index (χ1n) is 5.33. The first-order valence-corrected chi connectivity index (χ1v) is 6.56. The molecule has 2 aromatic rings. The molecule has 2 rings (SSSR count). The Hall–Kier alpha value is -1.40. The SMILES string of the molecule is CCCOc1ccc(Nc2n[nH]c(=S)s2)cc1. The number of anilines is 2. The number of ether oxygens (including phenoxy) is 1. The summed E-state index contributed by atoms with van der Waals surface area (Å²) in [6, 6.07) is 7.78. The summed E-state index contributed by atoms with van der Waals surface area (Å²) in [6.07, 6.45) is 1.01. The molecule has 1 aromatic carbocycles. The third kappa shape index (κ3) is 3.54. The number of aromatic nitrogens is 2. The van der Waals surface area contributed by atoms with Crippen LogP contribution in [0.5, 0.6) is 5.75 Å². The molecule has 2 N–H and O–H groups in total.